The molecule has 0 saturated carbocycles. The third kappa shape index (κ3) is 1.85. The van der Waals surface area contributed by atoms with Crippen LogP contribution in [-0.4, -0.2) is 14.5 Å². The molecule has 0 aliphatic carbocycles. The fourth-order valence-corrected chi connectivity index (χ4v) is 2.60. The molecule has 0 aliphatic heterocycles. The highest BCUT2D eigenvalue weighted by atomic mass is 35.5. The fraction of sp³-hybridized carbons (Fsp3) is 0.143. The standard InChI is InChI=1S/C14H13ClN4/c1-8-5-9(16)3-4-10(8)11-6-19(2)14-12(11)13(15)17-7-18-14/h3-7H,16H2,1-2H3. The normalized spacial score (nSPS) is 11.1. The Labute approximate surface area is 115 Å². The maximum Gasteiger partial charge on any atom is 0.145 e. The van der Waals surface area contributed by atoms with Crippen LogP contribution in [0.4, 0.5) is 5.69 Å². The molecule has 5 heteroatoms. The fourth-order valence-electron chi connectivity index (χ4n) is 2.37. The van der Waals surface area contributed by atoms with Crippen LogP contribution in [0.25, 0.3) is 22.2 Å². The van der Waals surface area contributed by atoms with Gasteiger partial charge in [-0.2, -0.15) is 0 Å². The van der Waals surface area contributed by atoms with Crippen molar-refractivity contribution in [2.75, 3.05) is 5.73 Å². The zero-order valence-electron chi connectivity index (χ0n) is 10.7. The Bertz CT molecular complexity index is 776. The van der Waals surface area contributed by atoms with E-state index in [1.54, 1.807) is 0 Å². The topological polar surface area (TPSA) is 56.7 Å². The number of anilines is 1. The van der Waals surface area contributed by atoms with Crippen LogP contribution in [0.5, 0.6) is 0 Å². The van der Waals surface area contributed by atoms with E-state index in [9.17, 15) is 0 Å². The summed E-state index contributed by atoms with van der Waals surface area (Å²) in [5.74, 6) is 0. The van der Waals surface area contributed by atoms with Gasteiger partial charge < -0.3 is 10.3 Å². The van der Waals surface area contributed by atoms with E-state index in [0.29, 0.717) is 5.15 Å². The Morgan fingerprint density at radius 3 is 2.74 bits per heavy atom. The molecular formula is C14H13ClN4. The molecule has 0 atom stereocenters. The molecule has 0 saturated heterocycles. The average molecular weight is 273 g/mol. The van der Waals surface area contributed by atoms with Crippen LogP contribution in [0.2, 0.25) is 5.15 Å². The molecule has 0 aliphatic rings. The molecule has 96 valence electrons. The van der Waals surface area contributed by atoms with Crippen molar-refractivity contribution >= 4 is 28.3 Å². The van der Waals surface area contributed by atoms with E-state index >= 15 is 0 Å². The van der Waals surface area contributed by atoms with Crippen molar-refractivity contribution in [3.05, 3.63) is 41.4 Å². The largest absolute Gasteiger partial charge is 0.399 e. The third-order valence-corrected chi connectivity index (χ3v) is 3.53. The molecular weight excluding hydrogens is 260 g/mol. The van der Waals surface area contributed by atoms with Gasteiger partial charge in [-0.3, -0.25) is 0 Å². The molecule has 0 bridgehead atoms. The molecule has 0 radical (unpaired) electrons. The highest BCUT2D eigenvalue weighted by molar-refractivity contribution is 6.35. The molecule has 3 aromatic rings. The Morgan fingerprint density at radius 1 is 1.21 bits per heavy atom. The summed E-state index contributed by atoms with van der Waals surface area (Å²) in [5, 5.41) is 1.34. The van der Waals surface area contributed by atoms with E-state index in [4.69, 9.17) is 17.3 Å². The predicted octanol–water partition coefficient (Wildman–Crippen LogP) is 3.18. The second-order valence-electron chi connectivity index (χ2n) is 4.59. The molecule has 4 nitrogen and oxygen atoms in total. The number of nitrogen functional groups attached to an aromatic ring is 1. The SMILES string of the molecule is Cc1cc(N)ccc1-c1cn(C)c2ncnc(Cl)c12. The summed E-state index contributed by atoms with van der Waals surface area (Å²) in [6, 6.07) is 5.84. The Hall–Kier alpha value is -2.07. The minimum Gasteiger partial charge on any atom is -0.399 e. The van der Waals surface area contributed by atoms with Gasteiger partial charge >= 0.3 is 0 Å². The number of benzene rings is 1. The van der Waals surface area contributed by atoms with Gasteiger partial charge in [0.1, 0.15) is 17.1 Å². The van der Waals surface area contributed by atoms with E-state index in [1.807, 2.05) is 42.9 Å². The summed E-state index contributed by atoms with van der Waals surface area (Å²) in [6.07, 6.45) is 3.49. The Kier molecular flexibility index (Phi) is 2.68. The lowest BCUT2D eigenvalue weighted by Gasteiger charge is -2.06. The quantitative estimate of drug-likeness (QED) is 0.547. The third-order valence-electron chi connectivity index (χ3n) is 3.25. The van der Waals surface area contributed by atoms with Gasteiger partial charge in [0.05, 0.1) is 5.39 Å². The summed E-state index contributed by atoms with van der Waals surface area (Å²) in [7, 11) is 1.95. The first-order valence-electron chi connectivity index (χ1n) is 5.90. The minimum atomic E-state index is 0.469. The predicted molar refractivity (Wildman–Crippen MR) is 78.1 cm³/mol. The van der Waals surface area contributed by atoms with Crippen LogP contribution in [-0.2, 0) is 7.05 Å². The number of nitrogens with zero attached hydrogens (tertiary/aromatic N) is 3. The Morgan fingerprint density at radius 2 is 2.00 bits per heavy atom. The van der Waals surface area contributed by atoms with Crippen molar-refractivity contribution in [2.45, 2.75) is 6.92 Å². The summed E-state index contributed by atoms with van der Waals surface area (Å²) in [5.41, 5.74) is 10.6. The van der Waals surface area contributed by atoms with Crippen molar-refractivity contribution < 1.29 is 0 Å². The lowest BCUT2D eigenvalue weighted by molar-refractivity contribution is 0.944. The number of halogens is 1. The van der Waals surface area contributed by atoms with Gasteiger partial charge in [0.25, 0.3) is 0 Å². The minimum absolute atomic E-state index is 0.469. The first-order chi connectivity index (χ1) is 9.08. The summed E-state index contributed by atoms with van der Waals surface area (Å²) >= 11 is 6.22. The van der Waals surface area contributed by atoms with Crippen molar-refractivity contribution in [3.63, 3.8) is 0 Å². The zero-order valence-corrected chi connectivity index (χ0v) is 11.4. The van der Waals surface area contributed by atoms with Crippen LogP contribution in [0.3, 0.4) is 0 Å². The molecule has 19 heavy (non-hydrogen) atoms. The molecule has 0 fully saturated rings. The average Bonchev–Trinajstić information content (AvgIpc) is 2.68. The molecule has 3 rings (SSSR count). The Balaban J connectivity index is 2.37. The van der Waals surface area contributed by atoms with Gasteiger partial charge in [-0.25, -0.2) is 9.97 Å². The van der Waals surface area contributed by atoms with Crippen molar-refractivity contribution in [1.29, 1.82) is 0 Å². The van der Waals surface area contributed by atoms with Gasteiger partial charge in [0, 0.05) is 24.5 Å². The number of rotatable bonds is 1. The molecule has 2 heterocycles. The van der Waals surface area contributed by atoms with Gasteiger partial charge in [0.2, 0.25) is 0 Å². The smallest absolute Gasteiger partial charge is 0.145 e. The lowest BCUT2D eigenvalue weighted by Crippen LogP contribution is -1.89. The number of aryl methyl sites for hydroxylation is 2. The second kappa shape index (κ2) is 4.24. The molecule has 1 aromatic carbocycles. The lowest BCUT2D eigenvalue weighted by atomic mass is 10.0. The highest BCUT2D eigenvalue weighted by Crippen LogP contribution is 2.35. The molecule has 0 spiro atoms. The maximum absolute atomic E-state index is 6.22. The van der Waals surface area contributed by atoms with Crippen molar-refractivity contribution in [1.82, 2.24) is 14.5 Å². The molecule has 0 unspecified atom stereocenters. The first kappa shape index (κ1) is 12.0. The van der Waals surface area contributed by atoms with Crippen LogP contribution in [0.1, 0.15) is 5.56 Å². The van der Waals surface area contributed by atoms with Crippen LogP contribution >= 0.6 is 11.6 Å². The second-order valence-corrected chi connectivity index (χ2v) is 4.95. The van der Waals surface area contributed by atoms with Gasteiger partial charge in [0.15, 0.2) is 0 Å². The van der Waals surface area contributed by atoms with Crippen LogP contribution < -0.4 is 5.73 Å². The van der Waals surface area contributed by atoms with Gasteiger partial charge in [-0.1, -0.05) is 17.7 Å². The number of hydrogen-bond acceptors (Lipinski definition) is 3. The van der Waals surface area contributed by atoms with Crippen molar-refractivity contribution in [2.24, 2.45) is 7.05 Å². The van der Waals surface area contributed by atoms with E-state index in [2.05, 4.69) is 9.97 Å². The number of aromatic nitrogens is 3. The first-order valence-corrected chi connectivity index (χ1v) is 6.27. The molecule has 0 amide bonds. The zero-order chi connectivity index (χ0) is 13.6. The van der Waals surface area contributed by atoms with Crippen LogP contribution in [0, 0.1) is 6.92 Å². The highest BCUT2D eigenvalue weighted by Gasteiger charge is 2.15. The van der Waals surface area contributed by atoms with Crippen molar-refractivity contribution in [3.8, 4) is 11.1 Å². The summed E-state index contributed by atoms with van der Waals surface area (Å²) < 4.78 is 1.95. The van der Waals surface area contributed by atoms with Gasteiger partial charge in [-0.15, -0.1) is 0 Å². The van der Waals surface area contributed by atoms with E-state index < -0.39 is 0 Å². The van der Waals surface area contributed by atoms with E-state index in [0.717, 1.165) is 33.4 Å². The van der Waals surface area contributed by atoms with Crippen LogP contribution in [0.15, 0.2) is 30.7 Å². The summed E-state index contributed by atoms with van der Waals surface area (Å²) in [4.78, 5) is 8.35. The summed E-state index contributed by atoms with van der Waals surface area (Å²) in [6.45, 7) is 2.03. The number of fused-ring (bicyclic) bond motifs is 1. The number of nitrogens with two attached hydrogens (primary N) is 1. The van der Waals surface area contributed by atoms with E-state index in [1.165, 1.54) is 6.33 Å². The van der Waals surface area contributed by atoms with E-state index in [-0.39, 0.29) is 0 Å². The van der Waals surface area contributed by atoms with Gasteiger partial charge in [-0.05, 0) is 30.2 Å². The monoisotopic (exact) mass is 272 g/mol. The maximum atomic E-state index is 6.22. The number of hydrogen-bond donors (Lipinski definition) is 1. The molecule has 2 N–H and O–H groups in total. The molecule has 2 aromatic heterocycles.